The van der Waals surface area contributed by atoms with E-state index in [9.17, 15) is 4.79 Å². The zero-order valence-corrected chi connectivity index (χ0v) is 14.1. The molecule has 1 N–H and O–H groups in total. The van der Waals surface area contributed by atoms with Crippen molar-refractivity contribution in [1.29, 1.82) is 0 Å². The number of benzene rings is 2. The first-order valence-electron chi connectivity index (χ1n) is 8.05. The lowest BCUT2D eigenvalue weighted by molar-refractivity contribution is -0.116. The summed E-state index contributed by atoms with van der Waals surface area (Å²) in [6.45, 7) is 5.51. The van der Waals surface area contributed by atoms with Crippen molar-refractivity contribution in [2.75, 3.05) is 19.8 Å². The lowest BCUT2D eigenvalue weighted by Crippen LogP contribution is -2.26. The first-order valence-corrected chi connectivity index (χ1v) is 8.05. The van der Waals surface area contributed by atoms with Crippen molar-refractivity contribution in [2.45, 2.75) is 13.8 Å². The molecule has 4 nitrogen and oxygen atoms in total. The molecule has 0 aliphatic rings. The van der Waals surface area contributed by atoms with Gasteiger partial charge in [-0.25, -0.2) is 0 Å². The van der Waals surface area contributed by atoms with Crippen molar-refractivity contribution in [2.24, 2.45) is 0 Å². The Balaban J connectivity index is 1.69. The van der Waals surface area contributed by atoms with Crippen LogP contribution in [0.4, 0.5) is 0 Å². The number of hydrogen-bond acceptors (Lipinski definition) is 3. The highest BCUT2D eigenvalue weighted by atomic mass is 16.5. The van der Waals surface area contributed by atoms with Crippen LogP contribution in [0, 0.1) is 6.92 Å². The number of hydrogen-bond donors (Lipinski definition) is 1. The molecule has 0 heterocycles. The fourth-order valence-electron chi connectivity index (χ4n) is 2.05. The minimum absolute atomic E-state index is 0.142. The molecule has 2 aromatic rings. The minimum Gasteiger partial charge on any atom is -0.494 e. The van der Waals surface area contributed by atoms with E-state index in [0.717, 1.165) is 17.1 Å². The van der Waals surface area contributed by atoms with Crippen LogP contribution in [0.5, 0.6) is 11.5 Å². The van der Waals surface area contributed by atoms with E-state index in [4.69, 9.17) is 9.47 Å². The predicted molar refractivity (Wildman–Crippen MR) is 96.3 cm³/mol. The number of rotatable bonds is 8. The predicted octanol–water partition coefficient (Wildman–Crippen LogP) is 3.60. The van der Waals surface area contributed by atoms with Gasteiger partial charge in [-0.1, -0.05) is 29.8 Å². The van der Waals surface area contributed by atoms with Gasteiger partial charge < -0.3 is 14.8 Å². The third-order valence-electron chi connectivity index (χ3n) is 3.31. The van der Waals surface area contributed by atoms with E-state index in [2.05, 4.69) is 5.32 Å². The highest BCUT2D eigenvalue weighted by Gasteiger charge is 1.97. The summed E-state index contributed by atoms with van der Waals surface area (Å²) in [6, 6.07) is 15.4. The van der Waals surface area contributed by atoms with Crippen LogP contribution in [0.1, 0.15) is 18.1 Å². The van der Waals surface area contributed by atoms with Crippen molar-refractivity contribution in [3.63, 3.8) is 0 Å². The van der Waals surface area contributed by atoms with E-state index < -0.39 is 0 Å². The Bertz CT molecular complexity index is 660. The van der Waals surface area contributed by atoms with Crippen LogP contribution in [0.3, 0.4) is 0 Å². The van der Waals surface area contributed by atoms with Crippen LogP contribution in [0.25, 0.3) is 6.08 Å². The van der Waals surface area contributed by atoms with Crippen LogP contribution in [-0.2, 0) is 4.79 Å². The van der Waals surface area contributed by atoms with Gasteiger partial charge in [-0.2, -0.15) is 0 Å². The van der Waals surface area contributed by atoms with Gasteiger partial charge in [0.1, 0.15) is 18.1 Å². The molecule has 0 spiro atoms. The molecular weight excluding hydrogens is 302 g/mol. The fraction of sp³-hybridized carbons (Fsp3) is 0.250. The highest BCUT2D eigenvalue weighted by Crippen LogP contribution is 2.13. The Morgan fingerprint density at radius 1 is 1.00 bits per heavy atom. The molecule has 0 aliphatic carbocycles. The second-order valence-electron chi connectivity index (χ2n) is 5.29. The quantitative estimate of drug-likeness (QED) is 0.596. The zero-order valence-electron chi connectivity index (χ0n) is 14.1. The van der Waals surface area contributed by atoms with Crippen molar-refractivity contribution in [1.82, 2.24) is 5.32 Å². The van der Waals surface area contributed by atoms with Gasteiger partial charge in [-0.15, -0.1) is 0 Å². The van der Waals surface area contributed by atoms with Crippen LogP contribution >= 0.6 is 0 Å². The van der Waals surface area contributed by atoms with Crippen LogP contribution in [-0.4, -0.2) is 25.7 Å². The maximum atomic E-state index is 11.8. The van der Waals surface area contributed by atoms with E-state index in [1.54, 1.807) is 6.08 Å². The monoisotopic (exact) mass is 325 g/mol. The molecule has 0 fully saturated rings. The summed E-state index contributed by atoms with van der Waals surface area (Å²) in [6.07, 6.45) is 3.29. The number of nitrogens with one attached hydrogen (secondary N) is 1. The van der Waals surface area contributed by atoms with Crippen molar-refractivity contribution in [3.8, 4) is 11.5 Å². The van der Waals surface area contributed by atoms with E-state index >= 15 is 0 Å². The van der Waals surface area contributed by atoms with Crippen LogP contribution < -0.4 is 14.8 Å². The van der Waals surface area contributed by atoms with E-state index in [1.807, 2.05) is 62.4 Å². The summed E-state index contributed by atoms with van der Waals surface area (Å²) >= 11 is 0. The molecule has 0 aromatic heterocycles. The Labute approximate surface area is 143 Å². The van der Waals surface area contributed by atoms with Gasteiger partial charge in [0, 0.05) is 6.08 Å². The Hall–Kier alpha value is -2.75. The lowest BCUT2D eigenvalue weighted by Gasteiger charge is -2.06. The minimum atomic E-state index is -0.142. The first-order chi connectivity index (χ1) is 11.7. The summed E-state index contributed by atoms with van der Waals surface area (Å²) in [7, 11) is 0. The maximum Gasteiger partial charge on any atom is 0.244 e. The summed E-state index contributed by atoms with van der Waals surface area (Å²) in [5, 5.41) is 2.79. The lowest BCUT2D eigenvalue weighted by atomic mass is 10.2. The zero-order chi connectivity index (χ0) is 17.2. The number of aryl methyl sites for hydroxylation is 1. The van der Waals surface area contributed by atoms with Gasteiger partial charge in [0.2, 0.25) is 5.91 Å². The fourth-order valence-corrected chi connectivity index (χ4v) is 2.05. The van der Waals surface area contributed by atoms with E-state index in [0.29, 0.717) is 19.8 Å². The molecule has 24 heavy (non-hydrogen) atoms. The average Bonchev–Trinajstić information content (AvgIpc) is 2.60. The normalized spacial score (nSPS) is 10.6. The smallest absolute Gasteiger partial charge is 0.244 e. The number of carbonyl (C=O) groups is 1. The summed E-state index contributed by atoms with van der Waals surface area (Å²) in [5.74, 6) is 1.49. The van der Waals surface area contributed by atoms with Gasteiger partial charge in [0.15, 0.2) is 0 Å². The SMILES string of the molecule is CCOc1ccc(/C=C/C(=O)NCCOc2ccc(C)cc2)cc1. The van der Waals surface area contributed by atoms with Crippen LogP contribution in [0.2, 0.25) is 0 Å². The van der Waals surface area contributed by atoms with Gasteiger partial charge in [0.25, 0.3) is 0 Å². The second kappa shape index (κ2) is 9.40. The van der Waals surface area contributed by atoms with E-state index in [1.165, 1.54) is 11.6 Å². The topological polar surface area (TPSA) is 47.6 Å². The molecule has 1 amide bonds. The Kier molecular flexibility index (Phi) is 6.90. The van der Waals surface area contributed by atoms with Crippen molar-refractivity contribution >= 4 is 12.0 Å². The first kappa shape index (κ1) is 17.6. The third kappa shape index (κ3) is 6.16. The molecule has 4 heteroatoms. The summed E-state index contributed by atoms with van der Waals surface area (Å²) in [4.78, 5) is 11.8. The Morgan fingerprint density at radius 2 is 1.62 bits per heavy atom. The molecule has 0 saturated carbocycles. The summed E-state index contributed by atoms with van der Waals surface area (Å²) < 4.78 is 10.9. The maximum absolute atomic E-state index is 11.8. The molecule has 0 bridgehead atoms. The molecule has 0 atom stereocenters. The van der Waals surface area contributed by atoms with Gasteiger partial charge in [0.05, 0.1) is 13.2 Å². The molecule has 126 valence electrons. The number of amides is 1. The standard InChI is InChI=1S/C20H23NO3/c1-3-23-18-11-6-17(7-12-18)8-13-20(22)21-14-15-24-19-9-4-16(2)5-10-19/h4-13H,3,14-15H2,1-2H3,(H,21,22)/b13-8+. The van der Waals surface area contributed by atoms with Gasteiger partial charge in [-0.05, 0) is 49.8 Å². The third-order valence-corrected chi connectivity index (χ3v) is 3.31. The van der Waals surface area contributed by atoms with Gasteiger partial charge in [-0.3, -0.25) is 4.79 Å². The summed E-state index contributed by atoms with van der Waals surface area (Å²) in [5.41, 5.74) is 2.14. The molecule has 0 saturated heterocycles. The molecule has 0 aliphatic heterocycles. The van der Waals surface area contributed by atoms with Crippen LogP contribution in [0.15, 0.2) is 54.6 Å². The van der Waals surface area contributed by atoms with Gasteiger partial charge >= 0.3 is 0 Å². The second-order valence-corrected chi connectivity index (χ2v) is 5.29. The number of carbonyl (C=O) groups excluding carboxylic acids is 1. The Morgan fingerprint density at radius 3 is 2.29 bits per heavy atom. The molecule has 0 unspecified atom stereocenters. The van der Waals surface area contributed by atoms with Crippen molar-refractivity contribution in [3.05, 3.63) is 65.7 Å². The average molecular weight is 325 g/mol. The highest BCUT2D eigenvalue weighted by molar-refractivity contribution is 5.91. The molecular formula is C20H23NO3. The van der Waals surface area contributed by atoms with Crippen molar-refractivity contribution < 1.29 is 14.3 Å². The largest absolute Gasteiger partial charge is 0.494 e. The molecule has 2 aromatic carbocycles. The van der Waals surface area contributed by atoms with E-state index in [-0.39, 0.29) is 5.91 Å². The molecule has 0 radical (unpaired) electrons. The molecule has 2 rings (SSSR count). The number of ether oxygens (including phenoxy) is 2.